The number of rotatable bonds is 6. The molecular weight excluding hydrogens is 399 g/mol. The highest BCUT2D eigenvalue weighted by Gasteiger charge is 2.21. The van der Waals surface area contributed by atoms with Gasteiger partial charge in [-0.3, -0.25) is 14.2 Å². The molecule has 3 rings (SSSR count). The highest BCUT2D eigenvalue weighted by Crippen LogP contribution is 2.28. The monoisotopic (exact) mass is 413 g/mol. The minimum absolute atomic E-state index is 0.127. The fourth-order valence-electron chi connectivity index (χ4n) is 2.54. The topological polar surface area (TPSA) is 64.7 Å². The lowest BCUT2D eigenvalue weighted by Crippen LogP contribution is -2.20. The van der Waals surface area contributed by atoms with Gasteiger partial charge in [-0.2, -0.15) is 10.2 Å². The lowest BCUT2D eigenvalue weighted by molar-refractivity contribution is -0.117. The molecule has 0 bridgehead atoms. The molecule has 0 unspecified atom stereocenters. The van der Waals surface area contributed by atoms with Crippen molar-refractivity contribution in [1.29, 1.82) is 0 Å². The molecule has 2 aromatic heterocycles. The summed E-state index contributed by atoms with van der Waals surface area (Å²) in [6.45, 7) is 1.80. The molecule has 0 fully saturated rings. The Balaban J connectivity index is 1.68. The van der Waals surface area contributed by atoms with E-state index in [9.17, 15) is 13.6 Å². The molecule has 1 aromatic carbocycles. The second-order valence-electron chi connectivity index (χ2n) is 5.85. The third-order valence-electron chi connectivity index (χ3n) is 3.82. The number of alkyl halides is 2. The normalized spacial score (nSPS) is 11.2. The van der Waals surface area contributed by atoms with E-state index >= 15 is 0 Å². The maximum atomic E-state index is 12.9. The minimum atomic E-state index is -2.80. The predicted octanol–water partition coefficient (Wildman–Crippen LogP) is 4.32. The molecule has 0 saturated heterocycles. The number of hydrogen-bond acceptors (Lipinski definition) is 3. The number of anilines is 1. The van der Waals surface area contributed by atoms with Gasteiger partial charge in [0.05, 0.1) is 28.5 Å². The fourth-order valence-corrected chi connectivity index (χ4v) is 2.91. The summed E-state index contributed by atoms with van der Waals surface area (Å²) in [6, 6.07) is 7.20. The van der Waals surface area contributed by atoms with Crippen LogP contribution in [0.2, 0.25) is 10.0 Å². The van der Waals surface area contributed by atoms with Crippen molar-refractivity contribution >= 4 is 34.8 Å². The van der Waals surface area contributed by atoms with Gasteiger partial charge in [-0.1, -0.05) is 35.3 Å². The molecule has 0 aliphatic heterocycles. The quantitative estimate of drug-likeness (QED) is 0.654. The first-order chi connectivity index (χ1) is 12.8. The van der Waals surface area contributed by atoms with Crippen LogP contribution in [0.5, 0.6) is 0 Å². The van der Waals surface area contributed by atoms with Gasteiger partial charge in [0.25, 0.3) is 6.43 Å². The van der Waals surface area contributed by atoms with Crippen molar-refractivity contribution < 1.29 is 13.6 Å². The van der Waals surface area contributed by atoms with Crippen LogP contribution in [0.1, 0.15) is 23.4 Å². The lowest BCUT2D eigenvalue weighted by atomic mass is 10.2. The zero-order chi connectivity index (χ0) is 19.6. The molecule has 0 aliphatic rings. The second kappa shape index (κ2) is 8.06. The molecule has 0 atom stereocenters. The molecule has 27 heavy (non-hydrogen) atoms. The zero-order valence-electron chi connectivity index (χ0n) is 14.2. The van der Waals surface area contributed by atoms with Crippen LogP contribution < -0.4 is 5.32 Å². The Morgan fingerprint density at radius 1 is 1.33 bits per heavy atom. The molecular formula is C17H15Cl2F2N5O. The number of amides is 1. The number of nitrogens with zero attached hydrogens (tertiary/aromatic N) is 4. The molecule has 10 heteroatoms. The summed E-state index contributed by atoms with van der Waals surface area (Å²) in [6.07, 6.45) is 0.434. The van der Waals surface area contributed by atoms with E-state index in [0.717, 1.165) is 10.2 Å². The summed E-state index contributed by atoms with van der Waals surface area (Å²) in [5.74, 6) is -0.405. The van der Waals surface area contributed by atoms with Crippen LogP contribution in [-0.2, 0) is 17.9 Å². The zero-order valence-corrected chi connectivity index (χ0v) is 15.7. The first-order valence-electron chi connectivity index (χ1n) is 7.91. The molecule has 0 saturated carbocycles. The first kappa shape index (κ1) is 19.3. The van der Waals surface area contributed by atoms with Gasteiger partial charge in [-0.25, -0.2) is 8.78 Å². The lowest BCUT2D eigenvalue weighted by Gasteiger charge is -2.09. The maximum absolute atomic E-state index is 12.9. The van der Waals surface area contributed by atoms with E-state index in [2.05, 4.69) is 15.5 Å². The maximum Gasteiger partial charge on any atom is 0.283 e. The molecule has 6 nitrogen and oxygen atoms in total. The van der Waals surface area contributed by atoms with Crippen LogP contribution in [0.25, 0.3) is 0 Å². The van der Waals surface area contributed by atoms with Crippen LogP contribution in [0.15, 0.2) is 36.7 Å². The van der Waals surface area contributed by atoms with E-state index in [-0.39, 0.29) is 11.6 Å². The van der Waals surface area contributed by atoms with Gasteiger partial charge in [0.1, 0.15) is 12.2 Å². The molecule has 1 N–H and O–H groups in total. The van der Waals surface area contributed by atoms with Crippen LogP contribution in [0, 0.1) is 6.92 Å². The van der Waals surface area contributed by atoms with Gasteiger partial charge in [0.2, 0.25) is 5.91 Å². The van der Waals surface area contributed by atoms with Gasteiger partial charge in [-0.15, -0.1) is 0 Å². The molecule has 2 heterocycles. The molecule has 0 radical (unpaired) electrons. The number of halogens is 4. The Hall–Kier alpha value is -2.45. The Morgan fingerprint density at radius 3 is 2.74 bits per heavy atom. The van der Waals surface area contributed by atoms with Gasteiger partial charge in [0.15, 0.2) is 0 Å². The van der Waals surface area contributed by atoms with E-state index in [0.29, 0.717) is 22.9 Å². The Kier molecular flexibility index (Phi) is 5.76. The van der Waals surface area contributed by atoms with E-state index in [1.165, 1.54) is 6.92 Å². The Morgan fingerprint density at radius 2 is 2.11 bits per heavy atom. The standard InChI is InChI=1S/C17H15Cl2F2N5O/c1-10-15(19)16(17(20)21)24-26(10)9-14(27)23-13-4-2-3-11(5-13)7-25-8-12(18)6-22-25/h2-6,8,17H,7,9H2,1H3,(H,23,27). The van der Waals surface area contributed by atoms with E-state index in [4.69, 9.17) is 23.2 Å². The van der Waals surface area contributed by atoms with Crippen molar-refractivity contribution in [3.63, 3.8) is 0 Å². The molecule has 0 aliphatic carbocycles. The van der Waals surface area contributed by atoms with Gasteiger partial charge in [-0.05, 0) is 24.6 Å². The van der Waals surface area contributed by atoms with Gasteiger partial charge in [0, 0.05) is 11.9 Å². The minimum Gasteiger partial charge on any atom is -0.324 e. The van der Waals surface area contributed by atoms with Crippen LogP contribution in [-0.4, -0.2) is 25.5 Å². The van der Waals surface area contributed by atoms with Crippen LogP contribution in [0.3, 0.4) is 0 Å². The number of nitrogens with one attached hydrogen (secondary N) is 1. The number of hydrogen-bond donors (Lipinski definition) is 1. The molecule has 1 amide bonds. The van der Waals surface area contributed by atoms with Crippen molar-refractivity contribution in [2.24, 2.45) is 0 Å². The molecule has 3 aromatic rings. The first-order valence-corrected chi connectivity index (χ1v) is 8.67. The summed E-state index contributed by atoms with van der Waals surface area (Å²) in [5.41, 5.74) is 1.26. The second-order valence-corrected chi connectivity index (χ2v) is 6.66. The van der Waals surface area contributed by atoms with E-state index in [1.54, 1.807) is 35.3 Å². The van der Waals surface area contributed by atoms with Gasteiger partial charge < -0.3 is 5.32 Å². The SMILES string of the molecule is Cc1c(Cl)c(C(F)F)nn1CC(=O)Nc1cccc(Cn2cc(Cl)cn2)c1. The Bertz CT molecular complexity index is 970. The van der Waals surface area contributed by atoms with Crippen LogP contribution >= 0.6 is 23.2 Å². The van der Waals surface area contributed by atoms with Crippen molar-refractivity contribution in [3.8, 4) is 0 Å². The smallest absolute Gasteiger partial charge is 0.283 e. The van der Waals surface area contributed by atoms with E-state index < -0.39 is 18.0 Å². The van der Waals surface area contributed by atoms with Crippen molar-refractivity contribution in [2.75, 3.05) is 5.32 Å². The number of carbonyl (C=O) groups excluding carboxylic acids is 1. The van der Waals surface area contributed by atoms with Crippen LogP contribution in [0.4, 0.5) is 14.5 Å². The average Bonchev–Trinajstić information content (AvgIpc) is 3.13. The third-order valence-corrected chi connectivity index (χ3v) is 4.48. The molecule has 142 valence electrons. The molecule has 0 spiro atoms. The highest BCUT2D eigenvalue weighted by atomic mass is 35.5. The van der Waals surface area contributed by atoms with E-state index in [1.807, 2.05) is 6.07 Å². The number of aromatic nitrogens is 4. The van der Waals surface area contributed by atoms with Crippen molar-refractivity contribution in [2.45, 2.75) is 26.4 Å². The summed E-state index contributed by atoms with van der Waals surface area (Å²) in [7, 11) is 0. The number of carbonyl (C=O) groups is 1. The fraction of sp³-hybridized carbons (Fsp3) is 0.235. The average molecular weight is 414 g/mol. The third kappa shape index (κ3) is 4.64. The van der Waals surface area contributed by atoms with Crippen molar-refractivity contribution in [1.82, 2.24) is 19.6 Å². The highest BCUT2D eigenvalue weighted by molar-refractivity contribution is 6.32. The summed E-state index contributed by atoms with van der Waals surface area (Å²) in [4.78, 5) is 12.3. The predicted molar refractivity (Wildman–Crippen MR) is 98.3 cm³/mol. The Labute approximate surface area is 163 Å². The van der Waals surface area contributed by atoms with Crippen molar-refractivity contribution in [3.05, 3.63) is 63.7 Å². The summed E-state index contributed by atoms with van der Waals surface area (Å²) < 4.78 is 28.5. The largest absolute Gasteiger partial charge is 0.324 e. The summed E-state index contributed by atoms with van der Waals surface area (Å²) >= 11 is 11.7. The van der Waals surface area contributed by atoms with Gasteiger partial charge >= 0.3 is 0 Å². The summed E-state index contributed by atoms with van der Waals surface area (Å²) in [5, 5.41) is 11.0. The number of benzene rings is 1.